The van der Waals surface area contributed by atoms with Crippen molar-refractivity contribution in [3.63, 3.8) is 0 Å². The third-order valence-corrected chi connectivity index (χ3v) is 7.59. The van der Waals surface area contributed by atoms with Crippen molar-refractivity contribution >= 4 is 46.4 Å². The van der Waals surface area contributed by atoms with Gasteiger partial charge < -0.3 is 5.32 Å². The molecule has 0 aliphatic heterocycles. The average molecular weight is 494 g/mol. The summed E-state index contributed by atoms with van der Waals surface area (Å²) < 4.78 is 2.38. The Kier molecular flexibility index (Phi) is 7.54. The van der Waals surface area contributed by atoms with Crippen LogP contribution in [0.4, 0.5) is 5.13 Å². The number of anilines is 1. The summed E-state index contributed by atoms with van der Waals surface area (Å²) in [6.45, 7) is 6.21. The molecule has 4 rings (SSSR count). The summed E-state index contributed by atoms with van der Waals surface area (Å²) in [5, 5.41) is 10.7. The Hall–Kier alpha value is -3.01. The molecule has 2 heterocycles. The number of carbonyl (C=O) groups is 1. The van der Waals surface area contributed by atoms with Gasteiger partial charge in [-0.25, -0.2) is 4.98 Å². The van der Waals surface area contributed by atoms with Crippen LogP contribution in [0.15, 0.2) is 73.3 Å². The number of nitrogens with zero attached hydrogens (tertiary/aromatic N) is 3. The van der Waals surface area contributed by atoms with E-state index in [1.807, 2.05) is 47.9 Å². The number of aromatic amines is 1. The minimum absolute atomic E-state index is 0.0686. The maximum Gasteiger partial charge on any atom is 0.236 e. The lowest BCUT2D eigenvalue weighted by molar-refractivity contribution is -0.113. The van der Waals surface area contributed by atoms with Crippen molar-refractivity contribution in [2.24, 2.45) is 0 Å². The first-order chi connectivity index (χ1) is 16.1. The zero-order chi connectivity index (χ0) is 23.2. The molecule has 168 valence electrons. The Morgan fingerprint density at radius 2 is 1.85 bits per heavy atom. The molecule has 0 bridgehead atoms. The lowest BCUT2D eigenvalue weighted by Crippen LogP contribution is -2.15. The number of H-pyrrole nitrogens is 1. The maximum atomic E-state index is 12.8. The van der Waals surface area contributed by atoms with Gasteiger partial charge in [-0.1, -0.05) is 78.1 Å². The van der Waals surface area contributed by atoms with Crippen LogP contribution in [-0.2, 0) is 11.3 Å². The number of carbonyl (C=O) groups excluding carboxylic acids is 1. The second-order valence-corrected chi connectivity index (χ2v) is 9.72. The molecule has 9 heteroatoms. The Morgan fingerprint density at radius 1 is 1.21 bits per heavy atom. The first-order valence-corrected chi connectivity index (χ1v) is 12.6. The van der Waals surface area contributed by atoms with Crippen LogP contribution in [0.5, 0.6) is 0 Å². The molecule has 0 saturated heterocycles. The van der Waals surface area contributed by atoms with Gasteiger partial charge in [0, 0.05) is 6.54 Å². The fourth-order valence-electron chi connectivity index (χ4n) is 3.40. The molecule has 0 fully saturated rings. The van der Waals surface area contributed by atoms with Gasteiger partial charge in [-0.05, 0) is 30.3 Å². The maximum absolute atomic E-state index is 12.8. The summed E-state index contributed by atoms with van der Waals surface area (Å²) in [5.41, 5.74) is 3.12. The fourth-order valence-corrected chi connectivity index (χ4v) is 5.68. The van der Waals surface area contributed by atoms with Gasteiger partial charge in [-0.2, -0.15) is 5.10 Å². The van der Waals surface area contributed by atoms with E-state index in [4.69, 9.17) is 12.2 Å². The van der Waals surface area contributed by atoms with Crippen molar-refractivity contribution in [1.82, 2.24) is 19.7 Å². The van der Waals surface area contributed by atoms with Crippen molar-refractivity contribution in [1.29, 1.82) is 0 Å². The molecule has 0 aliphatic carbocycles. The van der Waals surface area contributed by atoms with Crippen LogP contribution < -0.4 is 5.32 Å². The molecule has 0 radical (unpaired) electrons. The molecule has 4 aromatic rings. The molecule has 0 aliphatic rings. The quantitative estimate of drug-likeness (QED) is 0.220. The van der Waals surface area contributed by atoms with E-state index in [0.29, 0.717) is 28.0 Å². The molecule has 0 unspecified atom stereocenters. The van der Waals surface area contributed by atoms with Gasteiger partial charge in [0.05, 0.1) is 21.6 Å². The second kappa shape index (κ2) is 10.7. The Morgan fingerprint density at radius 3 is 2.45 bits per heavy atom. The number of thioether (sulfide) groups is 1. The van der Waals surface area contributed by atoms with Gasteiger partial charge in [0.15, 0.2) is 15.7 Å². The number of rotatable bonds is 9. The molecule has 0 atom stereocenters. The molecule has 1 amide bonds. The Labute approximate surface area is 205 Å². The van der Waals surface area contributed by atoms with Gasteiger partial charge in [-0.15, -0.1) is 18.3 Å². The number of nitrogens with one attached hydrogen (secondary N) is 2. The third kappa shape index (κ3) is 5.50. The van der Waals surface area contributed by atoms with E-state index in [1.165, 1.54) is 22.5 Å². The number of allylic oxidation sites excluding steroid dienone is 1. The van der Waals surface area contributed by atoms with Crippen LogP contribution in [0, 0.1) is 11.7 Å². The zero-order valence-corrected chi connectivity index (χ0v) is 20.5. The lowest BCUT2D eigenvalue weighted by Gasteiger charge is -2.17. The summed E-state index contributed by atoms with van der Waals surface area (Å²) in [7, 11) is 0. The van der Waals surface area contributed by atoms with Crippen LogP contribution in [0.3, 0.4) is 0 Å². The SMILES string of the molecule is C=CCn1c(-c2sc(NC(=O)CSC(c3ccccc3)c3ccccc3)nc2C)n[nH]c1=S. The number of aromatic nitrogens is 4. The van der Waals surface area contributed by atoms with E-state index in [1.54, 1.807) is 17.8 Å². The van der Waals surface area contributed by atoms with E-state index in [0.717, 1.165) is 10.6 Å². The monoisotopic (exact) mass is 493 g/mol. The van der Waals surface area contributed by atoms with Crippen molar-refractivity contribution in [3.05, 3.63) is 94.9 Å². The first-order valence-electron chi connectivity index (χ1n) is 10.3. The fraction of sp³-hybridized carbons (Fsp3) is 0.167. The highest BCUT2D eigenvalue weighted by Crippen LogP contribution is 2.36. The summed E-state index contributed by atoms with van der Waals surface area (Å²) in [6.07, 6.45) is 1.76. The Balaban J connectivity index is 1.47. The number of benzene rings is 2. The minimum atomic E-state index is -0.0953. The molecular weight excluding hydrogens is 470 g/mol. The number of hydrogen-bond donors (Lipinski definition) is 2. The summed E-state index contributed by atoms with van der Waals surface area (Å²) >= 11 is 8.29. The number of amides is 1. The molecule has 0 saturated carbocycles. The van der Waals surface area contributed by atoms with Crippen molar-refractivity contribution < 1.29 is 4.79 Å². The molecule has 2 aromatic carbocycles. The number of aryl methyl sites for hydroxylation is 1. The summed E-state index contributed by atoms with van der Waals surface area (Å²) in [4.78, 5) is 18.2. The first kappa shape index (κ1) is 23.2. The van der Waals surface area contributed by atoms with Crippen LogP contribution >= 0.6 is 35.3 Å². The average Bonchev–Trinajstić information content (AvgIpc) is 3.37. The lowest BCUT2D eigenvalue weighted by atomic mass is 10.0. The van der Waals surface area contributed by atoms with E-state index < -0.39 is 0 Å². The van der Waals surface area contributed by atoms with Gasteiger partial charge in [0.1, 0.15) is 0 Å². The smallest absolute Gasteiger partial charge is 0.236 e. The molecule has 2 N–H and O–H groups in total. The molecular formula is C24H23N5OS3. The Bertz CT molecular complexity index is 1260. The van der Waals surface area contributed by atoms with Crippen LogP contribution in [-0.4, -0.2) is 31.4 Å². The van der Waals surface area contributed by atoms with Gasteiger partial charge in [0.25, 0.3) is 0 Å². The van der Waals surface area contributed by atoms with Crippen molar-refractivity contribution in [2.75, 3.05) is 11.1 Å². The van der Waals surface area contributed by atoms with Gasteiger partial charge >= 0.3 is 0 Å². The van der Waals surface area contributed by atoms with Crippen molar-refractivity contribution in [3.8, 4) is 10.7 Å². The normalized spacial score (nSPS) is 11.0. The van der Waals surface area contributed by atoms with Crippen LogP contribution in [0.2, 0.25) is 0 Å². The van der Waals surface area contributed by atoms with Crippen LogP contribution in [0.25, 0.3) is 10.7 Å². The van der Waals surface area contributed by atoms with Gasteiger partial charge in [-0.3, -0.25) is 14.5 Å². The van der Waals surface area contributed by atoms with Crippen molar-refractivity contribution in [2.45, 2.75) is 18.7 Å². The number of hydrogen-bond acceptors (Lipinski definition) is 6. The molecule has 6 nitrogen and oxygen atoms in total. The predicted octanol–water partition coefficient (Wildman–Crippen LogP) is 6.02. The van der Waals surface area contributed by atoms with E-state index in [2.05, 4.69) is 51.3 Å². The zero-order valence-electron chi connectivity index (χ0n) is 18.0. The predicted molar refractivity (Wildman–Crippen MR) is 139 cm³/mol. The highest BCUT2D eigenvalue weighted by molar-refractivity contribution is 8.00. The minimum Gasteiger partial charge on any atom is -0.301 e. The second-order valence-electron chi connectivity index (χ2n) is 7.25. The molecule has 0 spiro atoms. The largest absolute Gasteiger partial charge is 0.301 e. The summed E-state index contributed by atoms with van der Waals surface area (Å²) in [5.74, 6) is 0.900. The highest BCUT2D eigenvalue weighted by atomic mass is 32.2. The van der Waals surface area contributed by atoms with Crippen LogP contribution in [0.1, 0.15) is 22.1 Å². The number of thiazole rings is 1. The van der Waals surface area contributed by atoms with E-state index >= 15 is 0 Å². The van der Waals surface area contributed by atoms with E-state index in [9.17, 15) is 4.79 Å². The third-order valence-electron chi connectivity index (χ3n) is 4.90. The molecule has 2 aromatic heterocycles. The van der Waals surface area contributed by atoms with Gasteiger partial charge in [0.2, 0.25) is 5.91 Å². The highest BCUT2D eigenvalue weighted by Gasteiger charge is 2.19. The standard InChI is InChI=1S/C24H23N5OS3/c1-3-14-29-22(27-28-24(29)31)20-16(2)25-23(33-20)26-19(30)15-32-21(17-10-6-4-7-11-17)18-12-8-5-9-13-18/h3-13,21H,1,14-15H2,2H3,(H,28,31)(H,25,26,30). The molecule has 33 heavy (non-hydrogen) atoms. The van der Waals surface area contributed by atoms with E-state index in [-0.39, 0.29) is 11.2 Å². The topological polar surface area (TPSA) is 75.6 Å². The summed E-state index contributed by atoms with van der Waals surface area (Å²) in [6, 6.07) is 20.5.